The molecule has 27 heavy (non-hydrogen) atoms. The van der Waals surface area contributed by atoms with Gasteiger partial charge in [-0.05, 0) is 47.7 Å². The number of benzene rings is 2. The minimum absolute atomic E-state index is 0.0148. The summed E-state index contributed by atoms with van der Waals surface area (Å²) in [6, 6.07) is 14.2. The number of para-hydroxylation sites is 1. The molecule has 0 aliphatic carbocycles. The minimum atomic E-state index is 0.0148. The molecule has 0 aliphatic rings. The Morgan fingerprint density at radius 1 is 1.00 bits per heavy atom. The zero-order chi connectivity index (χ0) is 20.0. The zero-order valence-corrected chi connectivity index (χ0v) is 17.4. The highest BCUT2D eigenvalue weighted by atomic mass is 16.5. The van der Waals surface area contributed by atoms with E-state index in [-0.39, 0.29) is 5.91 Å². The number of hydrogen-bond donors (Lipinski definition) is 1. The smallest absolute Gasteiger partial charge is 0.238 e. The Labute approximate surface area is 163 Å². The highest BCUT2D eigenvalue weighted by Crippen LogP contribution is 2.32. The van der Waals surface area contributed by atoms with Crippen molar-refractivity contribution in [3.05, 3.63) is 59.2 Å². The SMILES string of the molecule is COc1ccc(CN(C)CC(=O)Nc2c(C(C)C)cccc2C(C)C)cc1. The summed E-state index contributed by atoms with van der Waals surface area (Å²) in [5.74, 6) is 1.57. The summed E-state index contributed by atoms with van der Waals surface area (Å²) in [4.78, 5) is 14.7. The molecule has 4 heteroatoms. The normalized spacial score (nSPS) is 11.3. The Hall–Kier alpha value is -2.33. The molecule has 0 fully saturated rings. The predicted molar refractivity (Wildman–Crippen MR) is 113 cm³/mol. The molecule has 2 rings (SSSR count). The standard InChI is InChI=1S/C23H32N2O2/c1-16(2)20-8-7-9-21(17(3)4)23(20)24-22(26)15-25(5)14-18-10-12-19(27-6)13-11-18/h7-13,16-17H,14-15H2,1-6H3,(H,24,26). The van der Waals surface area contributed by atoms with Crippen LogP contribution in [0.15, 0.2) is 42.5 Å². The summed E-state index contributed by atoms with van der Waals surface area (Å²) in [5, 5.41) is 3.18. The van der Waals surface area contributed by atoms with Gasteiger partial charge in [-0.25, -0.2) is 0 Å². The van der Waals surface area contributed by atoms with Crippen molar-refractivity contribution in [2.45, 2.75) is 46.1 Å². The maximum Gasteiger partial charge on any atom is 0.238 e. The summed E-state index contributed by atoms with van der Waals surface area (Å²) >= 11 is 0. The van der Waals surface area contributed by atoms with E-state index in [0.29, 0.717) is 24.9 Å². The summed E-state index contributed by atoms with van der Waals surface area (Å²) < 4.78 is 5.19. The maximum absolute atomic E-state index is 12.7. The van der Waals surface area contributed by atoms with Crippen LogP contribution in [0, 0.1) is 0 Å². The van der Waals surface area contributed by atoms with Gasteiger partial charge in [0.1, 0.15) is 5.75 Å². The van der Waals surface area contributed by atoms with E-state index in [1.54, 1.807) is 7.11 Å². The Balaban J connectivity index is 2.06. The third-order valence-electron chi connectivity index (χ3n) is 4.66. The van der Waals surface area contributed by atoms with Gasteiger partial charge < -0.3 is 10.1 Å². The molecule has 0 unspecified atom stereocenters. The molecule has 1 N–H and O–H groups in total. The molecule has 2 aromatic carbocycles. The van der Waals surface area contributed by atoms with Crippen LogP contribution in [0.3, 0.4) is 0 Å². The number of carbonyl (C=O) groups is 1. The van der Waals surface area contributed by atoms with Crippen LogP contribution in [-0.2, 0) is 11.3 Å². The van der Waals surface area contributed by atoms with Gasteiger partial charge in [0, 0.05) is 12.2 Å². The van der Waals surface area contributed by atoms with Crippen molar-refractivity contribution in [2.24, 2.45) is 0 Å². The van der Waals surface area contributed by atoms with E-state index in [0.717, 1.165) is 17.0 Å². The fraction of sp³-hybridized carbons (Fsp3) is 0.435. The topological polar surface area (TPSA) is 41.6 Å². The number of nitrogens with zero attached hydrogens (tertiary/aromatic N) is 1. The number of anilines is 1. The van der Waals surface area contributed by atoms with Crippen molar-refractivity contribution in [1.29, 1.82) is 0 Å². The van der Waals surface area contributed by atoms with E-state index in [1.807, 2.05) is 36.2 Å². The van der Waals surface area contributed by atoms with Gasteiger partial charge in [-0.15, -0.1) is 0 Å². The van der Waals surface area contributed by atoms with E-state index in [9.17, 15) is 4.79 Å². The van der Waals surface area contributed by atoms with Gasteiger partial charge in [-0.1, -0.05) is 58.0 Å². The second kappa shape index (κ2) is 9.56. The molecule has 0 saturated carbocycles. The number of rotatable bonds is 8. The molecule has 2 aromatic rings. The van der Waals surface area contributed by atoms with Crippen molar-refractivity contribution in [3.63, 3.8) is 0 Å². The van der Waals surface area contributed by atoms with Crippen molar-refractivity contribution >= 4 is 11.6 Å². The van der Waals surface area contributed by atoms with Crippen LogP contribution >= 0.6 is 0 Å². The Bertz CT molecular complexity index is 725. The van der Waals surface area contributed by atoms with Crippen molar-refractivity contribution < 1.29 is 9.53 Å². The van der Waals surface area contributed by atoms with Gasteiger partial charge in [0.15, 0.2) is 0 Å². The number of likely N-dealkylation sites (N-methyl/N-ethyl adjacent to an activating group) is 1. The Kier molecular flexibility index (Phi) is 7.43. The fourth-order valence-electron chi connectivity index (χ4n) is 3.22. The molecule has 0 aliphatic heterocycles. The van der Waals surface area contributed by atoms with Gasteiger partial charge in [-0.2, -0.15) is 0 Å². The lowest BCUT2D eigenvalue weighted by Gasteiger charge is -2.22. The van der Waals surface area contributed by atoms with Gasteiger partial charge >= 0.3 is 0 Å². The van der Waals surface area contributed by atoms with E-state index in [1.165, 1.54) is 11.1 Å². The second-order valence-corrected chi connectivity index (χ2v) is 7.69. The lowest BCUT2D eigenvalue weighted by Crippen LogP contribution is -2.30. The van der Waals surface area contributed by atoms with E-state index < -0.39 is 0 Å². The van der Waals surface area contributed by atoms with Crippen LogP contribution in [0.5, 0.6) is 5.75 Å². The number of carbonyl (C=O) groups excluding carboxylic acids is 1. The molecule has 0 saturated heterocycles. The lowest BCUT2D eigenvalue weighted by atomic mass is 9.92. The second-order valence-electron chi connectivity index (χ2n) is 7.69. The number of methoxy groups -OCH3 is 1. The van der Waals surface area contributed by atoms with Gasteiger partial charge in [-0.3, -0.25) is 9.69 Å². The summed E-state index contributed by atoms with van der Waals surface area (Å²) in [6.45, 7) is 9.68. The minimum Gasteiger partial charge on any atom is -0.497 e. The molecule has 0 atom stereocenters. The van der Waals surface area contributed by atoms with Crippen molar-refractivity contribution in [3.8, 4) is 5.75 Å². The number of hydrogen-bond acceptors (Lipinski definition) is 3. The van der Waals surface area contributed by atoms with E-state index in [2.05, 4.69) is 51.2 Å². The molecule has 0 bridgehead atoms. The first-order chi connectivity index (χ1) is 12.8. The fourth-order valence-corrected chi connectivity index (χ4v) is 3.22. The van der Waals surface area contributed by atoms with Gasteiger partial charge in [0.25, 0.3) is 0 Å². The largest absolute Gasteiger partial charge is 0.497 e. The first kappa shape index (κ1) is 21.0. The quantitative estimate of drug-likeness (QED) is 0.712. The third kappa shape index (κ3) is 5.83. The molecule has 146 valence electrons. The Morgan fingerprint density at radius 3 is 2.04 bits per heavy atom. The maximum atomic E-state index is 12.7. The average molecular weight is 369 g/mol. The van der Waals surface area contributed by atoms with E-state index in [4.69, 9.17) is 4.74 Å². The van der Waals surface area contributed by atoms with Crippen LogP contribution in [0.25, 0.3) is 0 Å². The zero-order valence-electron chi connectivity index (χ0n) is 17.4. The number of nitrogens with one attached hydrogen (secondary N) is 1. The lowest BCUT2D eigenvalue weighted by molar-refractivity contribution is -0.117. The molecular formula is C23H32N2O2. The third-order valence-corrected chi connectivity index (χ3v) is 4.66. The molecular weight excluding hydrogens is 336 g/mol. The summed E-state index contributed by atoms with van der Waals surface area (Å²) in [7, 11) is 3.62. The molecule has 0 heterocycles. The van der Waals surface area contributed by atoms with Crippen LogP contribution in [0.1, 0.15) is 56.2 Å². The van der Waals surface area contributed by atoms with Gasteiger partial charge in [0.05, 0.1) is 13.7 Å². The first-order valence-corrected chi connectivity index (χ1v) is 9.56. The van der Waals surface area contributed by atoms with E-state index >= 15 is 0 Å². The number of amides is 1. The van der Waals surface area contributed by atoms with Crippen LogP contribution in [0.2, 0.25) is 0 Å². The number of ether oxygens (including phenoxy) is 1. The summed E-state index contributed by atoms with van der Waals surface area (Å²) in [6.07, 6.45) is 0. The monoisotopic (exact) mass is 368 g/mol. The average Bonchev–Trinajstić information content (AvgIpc) is 2.61. The highest BCUT2D eigenvalue weighted by molar-refractivity contribution is 5.94. The molecule has 1 amide bonds. The summed E-state index contributed by atoms with van der Waals surface area (Å²) in [5.41, 5.74) is 4.50. The molecule has 0 aromatic heterocycles. The van der Waals surface area contributed by atoms with Crippen LogP contribution in [-0.4, -0.2) is 31.5 Å². The Morgan fingerprint density at radius 2 is 1.56 bits per heavy atom. The predicted octanol–water partition coefficient (Wildman–Crippen LogP) is 5.01. The van der Waals surface area contributed by atoms with Gasteiger partial charge in [0.2, 0.25) is 5.91 Å². The molecule has 0 spiro atoms. The first-order valence-electron chi connectivity index (χ1n) is 9.56. The van der Waals surface area contributed by atoms with Crippen LogP contribution < -0.4 is 10.1 Å². The van der Waals surface area contributed by atoms with Crippen molar-refractivity contribution in [2.75, 3.05) is 26.0 Å². The molecule has 0 radical (unpaired) electrons. The highest BCUT2D eigenvalue weighted by Gasteiger charge is 2.16. The molecule has 4 nitrogen and oxygen atoms in total. The van der Waals surface area contributed by atoms with Crippen LogP contribution in [0.4, 0.5) is 5.69 Å². The van der Waals surface area contributed by atoms with Crippen molar-refractivity contribution in [1.82, 2.24) is 4.90 Å².